The van der Waals surface area contributed by atoms with Gasteiger partial charge < -0.3 is 19.5 Å². The van der Waals surface area contributed by atoms with E-state index in [9.17, 15) is 4.79 Å². The van der Waals surface area contributed by atoms with E-state index in [4.69, 9.17) is 14.2 Å². The number of methoxy groups -OCH3 is 1. The molecule has 31 heavy (non-hydrogen) atoms. The fourth-order valence-electron chi connectivity index (χ4n) is 4.00. The zero-order valence-electron chi connectivity index (χ0n) is 17.8. The molecule has 0 saturated heterocycles. The van der Waals surface area contributed by atoms with E-state index in [2.05, 4.69) is 15.3 Å². The summed E-state index contributed by atoms with van der Waals surface area (Å²) in [5, 5.41) is 5.13. The Hall–Kier alpha value is -3.35. The highest BCUT2D eigenvalue weighted by Gasteiger charge is 2.26. The van der Waals surface area contributed by atoms with Gasteiger partial charge in [-0.15, -0.1) is 0 Å². The Morgan fingerprint density at radius 1 is 1.06 bits per heavy atom. The fourth-order valence-corrected chi connectivity index (χ4v) is 4.00. The molecule has 1 aromatic heterocycles. The van der Waals surface area contributed by atoms with Crippen LogP contribution in [0.25, 0.3) is 10.8 Å². The Morgan fingerprint density at radius 2 is 1.84 bits per heavy atom. The lowest BCUT2D eigenvalue weighted by Gasteiger charge is -2.29. The predicted octanol–water partition coefficient (Wildman–Crippen LogP) is 4.16. The van der Waals surface area contributed by atoms with Crippen molar-refractivity contribution in [2.75, 3.05) is 13.7 Å². The van der Waals surface area contributed by atoms with Gasteiger partial charge >= 0.3 is 0 Å². The molecule has 1 amide bonds. The van der Waals surface area contributed by atoms with Crippen LogP contribution in [0, 0.1) is 0 Å². The Labute approximate surface area is 181 Å². The van der Waals surface area contributed by atoms with Crippen LogP contribution in [0.3, 0.4) is 0 Å². The summed E-state index contributed by atoms with van der Waals surface area (Å²) in [4.78, 5) is 21.5. The summed E-state index contributed by atoms with van der Waals surface area (Å²) in [5.74, 6) is 1.41. The van der Waals surface area contributed by atoms with Gasteiger partial charge in [0.15, 0.2) is 0 Å². The van der Waals surface area contributed by atoms with Crippen molar-refractivity contribution in [2.24, 2.45) is 0 Å². The number of ether oxygens (including phenoxy) is 3. The van der Waals surface area contributed by atoms with Gasteiger partial charge in [0.1, 0.15) is 11.9 Å². The zero-order valence-corrected chi connectivity index (χ0v) is 17.8. The number of carbonyl (C=O) groups excluding carboxylic acids is 1. The molecular weight excluding hydrogens is 394 g/mol. The van der Waals surface area contributed by atoms with Crippen molar-refractivity contribution in [3.8, 4) is 17.5 Å². The third kappa shape index (κ3) is 4.87. The number of amides is 1. The minimum absolute atomic E-state index is 0.0473. The lowest BCUT2D eigenvalue weighted by Crippen LogP contribution is -2.40. The van der Waals surface area contributed by atoms with E-state index in [0.29, 0.717) is 29.7 Å². The summed E-state index contributed by atoms with van der Waals surface area (Å²) in [6, 6.07) is 11.8. The van der Waals surface area contributed by atoms with E-state index < -0.39 is 0 Å². The van der Waals surface area contributed by atoms with Crippen molar-refractivity contribution in [2.45, 2.75) is 44.8 Å². The molecule has 7 nitrogen and oxygen atoms in total. The van der Waals surface area contributed by atoms with Gasteiger partial charge in [-0.05, 0) is 49.4 Å². The molecule has 1 fully saturated rings. The molecule has 1 saturated carbocycles. The zero-order chi connectivity index (χ0) is 21.6. The number of rotatable bonds is 7. The van der Waals surface area contributed by atoms with Gasteiger partial charge in [0, 0.05) is 6.04 Å². The predicted molar refractivity (Wildman–Crippen MR) is 118 cm³/mol. The number of carbonyl (C=O) groups is 1. The molecule has 1 heterocycles. The van der Waals surface area contributed by atoms with Gasteiger partial charge in [0.2, 0.25) is 11.8 Å². The first-order chi connectivity index (χ1) is 15.2. The van der Waals surface area contributed by atoms with Gasteiger partial charge in [-0.25, -0.2) is 0 Å². The third-order valence-electron chi connectivity index (χ3n) is 5.51. The summed E-state index contributed by atoms with van der Waals surface area (Å²) in [6.45, 7) is 2.43. The first-order valence-corrected chi connectivity index (χ1v) is 10.7. The van der Waals surface area contributed by atoms with E-state index in [1.54, 1.807) is 19.5 Å². The minimum atomic E-state index is -0.0942. The van der Waals surface area contributed by atoms with Crippen LogP contribution in [0.2, 0.25) is 0 Å². The number of fused-ring (bicyclic) bond motifs is 1. The smallest absolute Gasteiger partial charge is 0.255 e. The minimum Gasteiger partial charge on any atom is -0.493 e. The molecular formula is C24H27N3O4. The lowest BCUT2D eigenvalue weighted by molar-refractivity contribution is 0.0887. The molecule has 0 aliphatic heterocycles. The van der Waals surface area contributed by atoms with Crippen molar-refractivity contribution in [3.63, 3.8) is 0 Å². The van der Waals surface area contributed by atoms with E-state index in [0.717, 1.165) is 36.5 Å². The van der Waals surface area contributed by atoms with E-state index in [1.807, 2.05) is 43.3 Å². The number of aromatic nitrogens is 2. The largest absolute Gasteiger partial charge is 0.493 e. The maximum absolute atomic E-state index is 13.2. The first-order valence-electron chi connectivity index (χ1n) is 10.7. The summed E-state index contributed by atoms with van der Waals surface area (Å²) < 4.78 is 16.8. The normalized spacial score (nSPS) is 18.4. The highest BCUT2D eigenvalue weighted by Crippen LogP contribution is 2.29. The second-order valence-corrected chi connectivity index (χ2v) is 7.56. The average Bonchev–Trinajstić information content (AvgIpc) is 2.80. The van der Waals surface area contributed by atoms with Crippen LogP contribution in [0.15, 0.2) is 48.8 Å². The Kier molecular flexibility index (Phi) is 6.50. The van der Waals surface area contributed by atoms with Gasteiger partial charge in [0.25, 0.3) is 5.91 Å². The van der Waals surface area contributed by atoms with Crippen LogP contribution in [0.4, 0.5) is 0 Å². The molecule has 1 aliphatic carbocycles. The topological polar surface area (TPSA) is 82.6 Å². The second-order valence-electron chi connectivity index (χ2n) is 7.56. The highest BCUT2D eigenvalue weighted by molar-refractivity contribution is 6.09. The molecule has 2 aromatic carbocycles. The second kappa shape index (κ2) is 9.64. The number of benzene rings is 2. The van der Waals surface area contributed by atoms with Crippen LogP contribution in [-0.4, -0.2) is 41.7 Å². The molecule has 0 spiro atoms. The number of hydrogen-bond acceptors (Lipinski definition) is 6. The summed E-state index contributed by atoms with van der Waals surface area (Å²) in [6.07, 6.45) is 6.52. The highest BCUT2D eigenvalue weighted by atomic mass is 16.5. The van der Waals surface area contributed by atoms with Crippen LogP contribution in [0.5, 0.6) is 17.5 Å². The number of nitrogens with one attached hydrogen (secondary N) is 1. The number of nitrogens with zero attached hydrogens (tertiary/aromatic N) is 2. The third-order valence-corrected chi connectivity index (χ3v) is 5.51. The van der Waals surface area contributed by atoms with Crippen LogP contribution in [0.1, 0.15) is 43.0 Å². The molecule has 0 atom stereocenters. The van der Waals surface area contributed by atoms with Gasteiger partial charge in [-0.1, -0.05) is 30.3 Å². The van der Waals surface area contributed by atoms with Gasteiger partial charge in [-0.2, -0.15) is 4.98 Å². The molecule has 7 heteroatoms. The van der Waals surface area contributed by atoms with Gasteiger partial charge in [-0.3, -0.25) is 9.78 Å². The molecule has 0 bridgehead atoms. The van der Waals surface area contributed by atoms with Gasteiger partial charge in [0.05, 0.1) is 31.7 Å². The van der Waals surface area contributed by atoms with E-state index in [1.165, 1.54) is 0 Å². The Balaban J connectivity index is 1.41. The summed E-state index contributed by atoms with van der Waals surface area (Å²) >= 11 is 0. The van der Waals surface area contributed by atoms with Crippen LogP contribution >= 0.6 is 0 Å². The molecule has 1 aliphatic rings. The van der Waals surface area contributed by atoms with Crippen molar-refractivity contribution < 1.29 is 19.0 Å². The fraction of sp³-hybridized carbons (Fsp3) is 0.375. The Morgan fingerprint density at radius 3 is 2.61 bits per heavy atom. The monoisotopic (exact) mass is 421 g/mol. The standard InChI is InChI=1S/C24H27N3O4/c1-3-30-20-13-8-16-6-4-5-7-19(16)23(20)24(28)26-17-9-11-18(12-10-17)31-22-15-25-14-21(27-22)29-2/h4-8,13-15,17-18H,3,9-12H2,1-2H3,(H,26,28). The first kappa shape index (κ1) is 20.9. The van der Waals surface area contributed by atoms with Crippen molar-refractivity contribution in [1.82, 2.24) is 15.3 Å². The number of hydrogen-bond donors (Lipinski definition) is 1. The van der Waals surface area contributed by atoms with Crippen LogP contribution in [-0.2, 0) is 0 Å². The van der Waals surface area contributed by atoms with Crippen molar-refractivity contribution in [1.29, 1.82) is 0 Å². The SMILES string of the molecule is CCOc1ccc2ccccc2c1C(=O)NC1CCC(Oc2cncc(OC)n2)CC1. The molecule has 162 valence electrons. The molecule has 3 aromatic rings. The quantitative estimate of drug-likeness (QED) is 0.617. The van der Waals surface area contributed by atoms with Crippen LogP contribution < -0.4 is 19.5 Å². The van der Waals surface area contributed by atoms with Crippen molar-refractivity contribution in [3.05, 3.63) is 54.4 Å². The van der Waals surface area contributed by atoms with E-state index >= 15 is 0 Å². The Bertz CT molecular complexity index is 1050. The maximum Gasteiger partial charge on any atom is 0.255 e. The summed E-state index contributed by atoms with van der Waals surface area (Å²) in [5.41, 5.74) is 0.602. The molecule has 1 N–H and O–H groups in total. The van der Waals surface area contributed by atoms with E-state index in [-0.39, 0.29) is 18.1 Å². The summed E-state index contributed by atoms with van der Waals surface area (Å²) in [7, 11) is 1.55. The average molecular weight is 421 g/mol. The molecule has 0 unspecified atom stereocenters. The molecule has 4 rings (SSSR count). The van der Waals surface area contributed by atoms with Crippen molar-refractivity contribution >= 4 is 16.7 Å². The molecule has 0 radical (unpaired) electrons. The maximum atomic E-state index is 13.2. The lowest BCUT2D eigenvalue weighted by atomic mass is 9.92.